The summed E-state index contributed by atoms with van der Waals surface area (Å²) in [6, 6.07) is 6.86. The molecule has 0 aliphatic heterocycles. The lowest BCUT2D eigenvalue weighted by Crippen LogP contribution is -2.12. The van der Waals surface area contributed by atoms with Crippen LogP contribution in [-0.2, 0) is 0 Å². The summed E-state index contributed by atoms with van der Waals surface area (Å²) in [6.07, 6.45) is 0. The first kappa shape index (κ1) is 13.2. The normalized spacial score (nSPS) is 10.2. The minimum absolute atomic E-state index is 0.00104. The Hall–Kier alpha value is -2.21. The SMILES string of the molecule is Oc1ccc(C(=S)Nc2ccc(F)cc2F)c(O)c1. The van der Waals surface area contributed by atoms with Gasteiger partial charge in [0.25, 0.3) is 0 Å². The maximum absolute atomic E-state index is 13.4. The third-order valence-electron chi connectivity index (χ3n) is 2.41. The van der Waals surface area contributed by atoms with Crippen molar-refractivity contribution in [1.82, 2.24) is 0 Å². The molecule has 2 aromatic rings. The summed E-state index contributed by atoms with van der Waals surface area (Å²) in [7, 11) is 0. The van der Waals surface area contributed by atoms with E-state index in [1.807, 2.05) is 0 Å². The standard InChI is InChI=1S/C13H9F2NO2S/c14-7-1-4-11(10(15)5-7)16-13(19)9-3-2-8(17)6-12(9)18/h1-6,17-18H,(H,16,19). The smallest absolute Gasteiger partial charge is 0.149 e. The topological polar surface area (TPSA) is 52.5 Å². The third kappa shape index (κ3) is 2.97. The van der Waals surface area contributed by atoms with Crippen molar-refractivity contribution in [3.8, 4) is 11.5 Å². The van der Waals surface area contributed by atoms with Gasteiger partial charge in [0.05, 0.1) is 11.3 Å². The van der Waals surface area contributed by atoms with E-state index >= 15 is 0 Å². The van der Waals surface area contributed by atoms with Gasteiger partial charge in [0.2, 0.25) is 0 Å². The molecule has 2 aromatic carbocycles. The molecule has 0 radical (unpaired) electrons. The second-order valence-corrected chi connectivity index (χ2v) is 4.19. The summed E-state index contributed by atoms with van der Waals surface area (Å²) in [6.45, 7) is 0. The molecule has 0 heterocycles. The number of anilines is 1. The molecule has 2 rings (SSSR count). The van der Waals surface area contributed by atoms with E-state index < -0.39 is 11.6 Å². The molecule has 0 atom stereocenters. The maximum Gasteiger partial charge on any atom is 0.149 e. The van der Waals surface area contributed by atoms with Gasteiger partial charge in [0, 0.05) is 12.1 Å². The molecule has 6 heteroatoms. The number of nitrogens with one attached hydrogen (secondary N) is 1. The highest BCUT2D eigenvalue weighted by Gasteiger charge is 2.11. The first-order valence-electron chi connectivity index (χ1n) is 5.26. The Bertz CT molecular complexity index is 647. The second-order valence-electron chi connectivity index (χ2n) is 3.78. The summed E-state index contributed by atoms with van der Waals surface area (Å²) >= 11 is 5.01. The maximum atomic E-state index is 13.4. The lowest BCUT2D eigenvalue weighted by molar-refractivity contribution is 0.450. The van der Waals surface area contributed by atoms with Crippen LogP contribution in [0.25, 0.3) is 0 Å². The van der Waals surface area contributed by atoms with Gasteiger partial charge in [-0.15, -0.1) is 0 Å². The lowest BCUT2D eigenvalue weighted by Gasteiger charge is -2.10. The van der Waals surface area contributed by atoms with Crippen molar-refractivity contribution in [2.45, 2.75) is 0 Å². The van der Waals surface area contributed by atoms with Crippen LogP contribution in [0.1, 0.15) is 5.56 Å². The van der Waals surface area contributed by atoms with Gasteiger partial charge in [-0.25, -0.2) is 8.78 Å². The molecule has 0 saturated carbocycles. The van der Waals surface area contributed by atoms with Crippen LogP contribution in [0.3, 0.4) is 0 Å². The second kappa shape index (κ2) is 5.19. The number of hydrogen-bond acceptors (Lipinski definition) is 3. The van der Waals surface area contributed by atoms with E-state index in [1.54, 1.807) is 0 Å². The number of aromatic hydroxyl groups is 2. The van der Waals surface area contributed by atoms with Crippen LogP contribution in [0, 0.1) is 11.6 Å². The van der Waals surface area contributed by atoms with Gasteiger partial charge >= 0.3 is 0 Å². The van der Waals surface area contributed by atoms with Gasteiger partial charge < -0.3 is 15.5 Å². The first-order chi connectivity index (χ1) is 8.97. The van der Waals surface area contributed by atoms with Crippen LogP contribution < -0.4 is 5.32 Å². The average molecular weight is 281 g/mol. The largest absolute Gasteiger partial charge is 0.508 e. The summed E-state index contributed by atoms with van der Waals surface area (Å²) in [5, 5.41) is 21.3. The number of benzene rings is 2. The van der Waals surface area contributed by atoms with Gasteiger partial charge in [-0.1, -0.05) is 12.2 Å². The van der Waals surface area contributed by atoms with Crippen molar-refractivity contribution >= 4 is 22.9 Å². The minimum atomic E-state index is -0.791. The zero-order chi connectivity index (χ0) is 14.0. The molecule has 0 amide bonds. The molecule has 0 unspecified atom stereocenters. The molecule has 98 valence electrons. The van der Waals surface area contributed by atoms with Gasteiger partial charge in [-0.3, -0.25) is 0 Å². The molecule has 19 heavy (non-hydrogen) atoms. The van der Waals surface area contributed by atoms with Crippen LogP contribution in [0.5, 0.6) is 11.5 Å². The zero-order valence-electron chi connectivity index (χ0n) is 9.52. The Kier molecular flexibility index (Phi) is 3.62. The molecule has 0 aliphatic rings. The van der Waals surface area contributed by atoms with Crippen molar-refractivity contribution in [1.29, 1.82) is 0 Å². The van der Waals surface area contributed by atoms with Crippen molar-refractivity contribution in [2.75, 3.05) is 5.32 Å². The van der Waals surface area contributed by atoms with Crippen molar-refractivity contribution in [2.24, 2.45) is 0 Å². The number of phenolic OH excluding ortho intramolecular Hbond substituents is 2. The predicted molar refractivity (Wildman–Crippen MR) is 71.5 cm³/mol. The fourth-order valence-corrected chi connectivity index (χ4v) is 1.78. The Morgan fingerprint density at radius 2 is 1.79 bits per heavy atom. The van der Waals surface area contributed by atoms with Gasteiger partial charge in [0.1, 0.15) is 28.1 Å². The molecular formula is C13H9F2NO2S. The molecule has 0 bridgehead atoms. The average Bonchev–Trinajstić information content (AvgIpc) is 2.32. The van der Waals surface area contributed by atoms with Crippen molar-refractivity contribution in [3.05, 3.63) is 53.6 Å². The molecule has 0 aliphatic carbocycles. The Balaban J connectivity index is 2.25. The molecule has 3 nitrogen and oxygen atoms in total. The number of halogens is 2. The van der Waals surface area contributed by atoms with Crippen LogP contribution in [0.15, 0.2) is 36.4 Å². The fourth-order valence-electron chi connectivity index (χ4n) is 1.49. The van der Waals surface area contributed by atoms with E-state index in [-0.39, 0.29) is 27.7 Å². The van der Waals surface area contributed by atoms with Crippen molar-refractivity contribution < 1.29 is 19.0 Å². The predicted octanol–water partition coefficient (Wildman–Crippen LogP) is 3.16. The van der Waals surface area contributed by atoms with E-state index in [9.17, 15) is 13.9 Å². The van der Waals surface area contributed by atoms with Crippen LogP contribution in [0.4, 0.5) is 14.5 Å². The van der Waals surface area contributed by atoms with E-state index in [1.165, 1.54) is 18.2 Å². The molecule has 0 saturated heterocycles. The minimum Gasteiger partial charge on any atom is -0.508 e. The quantitative estimate of drug-likeness (QED) is 0.740. The summed E-state index contributed by atoms with van der Waals surface area (Å²) < 4.78 is 26.2. The molecule has 0 aromatic heterocycles. The molecular weight excluding hydrogens is 272 g/mol. The van der Waals surface area contributed by atoms with Gasteiger partial charge in [-0.2, -0.15) is 0 Å². The Labute approximate surface area is 113 Å². The molecule has 0 fully saturated rings. The highest BCUT2D eigenvalue weighted by molar-refractivity contribution is 7.81. The van der Waals surface area contributed by atoms with E-state index in [0.717, 1.165) is 18.2 Å². The van der Waals surface area contributed by atoms with Crippen LogP contribution in [0.2, 0.25) is 0 Å². The number of phenols is 2. The van der Waals surface area contributed by atoms with E-state index in [0.29, 0.717) is 0 Å². The first-order valence-corrected chi connectivity index (χ1v) is 5.66. The zero-order valence-corrected chi connectivity index (χ0v) is 10.3. The number of rotatable bonds is 2. The molecule has 0 spiro atoms. The summed E-state index contributed by atoms with van der Waals surface area (Å²) in [5.74, 6) is -1.83. The van der Waals surface area contributed by atoms with E-state index in [4.69, 9.17) is 17.3 Å². The van der Waals surface area contributed by atoms with E-state index in [2.05, 4.69) is 5.32 Å². The van der Waals surface area contributed by atoms with Gasteiger partial charge in [0.15, 0.2) is 0 Å². The lowest BCUT2D eigenvalue weighted by atomic mass is 10.2. The summed E-state index contributed by atoms with van der Waals surface area (Å²) in [4.78, 5) is 0.0583. The number of thiocarbonyl (C=S) groups is 1. The Morgan fingerprint density at radius 1 is 1.05 bits per heavy atom. The number of hydrogen-bond donors (Lipinski definition) is 3. The highest BCUT2D eigenvalue weighted by atomic mass is 32.1. The third-order valence-corrected chi connectivity index (χ3v) is 2.73. The Morgan fingerprint density at radius 3 is 2.42 bits per heavy atom. The highest BCUT2D eigenvalue weighted by Crippen LogP contribution is 2.24. The summed E-state index contributed by atoms with van der Waals surface area (Å²) in [5.41, 5.74) is 0.232. The van der Waals surface area contributed by atoms with Gasteiger partial charge in [-0.05, 0) is 24.3 Å². The van der Waals surface area contributed by atoms with Crippen LogP contribution >= 0.6 is 12.2 Å². The monoisotopic (exact) mass is 281 g/mol. The fraction of sp³-hybridized carbons (Fsp3) is 0. The van der Waals surface area contributed by atoms with Crippen LogP contribution in [-0.4, -0.2) is 15.2 Å². The molecule has 3 N–H and O–H groups in total. The van der Waals surface area contributed by atoms with Crippen molar-refractivity contribution in [3.63, 3.8) is 0 Å².